The number of benzene rings is 1. The number of aryl methyl sites for hydroxylation is 3. The first-order chi connectivity index (χ1) is 7.58. The van der Waals surface area contributed by atoms with E-state index in [1.807, 2.05) is 0 Å². The molecule has 1 heterocycles. The van der Waals surface area contributed by atoms with Crippen LogP contribution in [0, 0.1) is 20.8 Å². The van der Waals surface area contributed by atoms with E-state index >= 15 is 0 Å². The molecule has 0 aliphatic carbocycles. The summed E-state index contributed by atoms with van der Waals surface area (Å²) in [6, 6.07) is 4.48. The summed E-state index contributed by atoms with van der Waals surface area (Å²) in [4.78, 5) is 0. The van der Waals surface area contributed by atoms with Gasteiger partial charge < -0.3 is 4.74 Å². The fourth-order valence-electron chi connectivity index (χ4n) is 2.54. The summed E-state index contributed by atoms with van der Waals surface area (Å²) < 4.78 is 5.86. The van der Waals surface area contributed by atoms with Crippen molar-refractivity contribution >= 4 is 0 Å². The van der Waals surface area contributed by atoms with Gasteiger partial charge >= 0.3 is 0 Å². The molecule has 1 aliphatic rings. The molecule has 0 spiro atoms. The van der Waals surface area contributed by atoms with Crippen molar-refractivity contribution in [2.75, 3.05) is 6.61 Å². The molecule has 86 valence electrons. The lowest BCUT2D eigenvalue weighted by Gasteiger charge is -2.24. The SMILES string of the molecule is CC1=CC(c2c(C)cc(C)cc2C)OCC1. The van der Waals surface area contributed by atoms with Crippen molar-refractivity contribution in [2.45, 2.75) is 40.2 Å². The Morgan fingerprint density at radius 2 is 1.69 bits per heavy atom. The van der Waals surface area contributed by atoms with Gasteiger partial charge in [-0.25, -0.2) is 0 Å². The van der Waals surface area contributed by atoms with Crippen LogP contribution in [0.25, 0.3) is 0 Å². The van der Waals surface area contributed by atoms with E-state index in [9.17, 15) is 0 Å². The van der Waals surface area contributed by atoms with Crippen LogP contribution in [0.2, 0.25) is 0 Å². The van der Waals surface area contributed by atoms with Crippen LogP contribution in [0.4, 0.5) is 0 Å². The topological polar surface area (TPSA) is 9.23 Å². The predicted octanol–water partition coefficient (Wildman–Crippen LogP) is 4.02. The van der Waals surface area contributed by atoms with Gasteiger partial charge in [-0.3, -0.25) is 0 Å². The molecule has 0 amide bonds. The van der Waals surface area contributed by atoms with Crippen molar-refractivity contribution in [3.63, 3.8) is 0 Å². The van der Waals surface area contributed by atoms with E-state index in [4.69, 9.17) is 4.74 Å². The van der Waals surface area contributed by atoms with Gasteiger partial charge in [-0.05, 0) is 50.8 Å². The van der Waals surface area contributed by atoms with Crippen LogP contribution in [0.5, 0.6) is 0 Å². The van der Waals surface area contributed by atoms with Crippen molar-refractivity contribution < 1.29 is 4.74 Å². The Hall–Kier alpha value is -1.08. The standard InChI is InChI=1S/C15H20O/c1-10-5-6-16-14(9-10)15-12(3)7-11(2)8-13(15)4/h7-9,14H,5-6H2,1-4H3. The van der Waals surface area contributed by atoms with Gasteiger partial charge in [0.1, 0.15) is 6.10 Å². The summed E-state index contributed by atoms with van der Waals surface area (Å²) in [6.07, 6.45) is 3.49. The Bertz CT molecular complexity index is 406. The third kappa shape index (κ3) is 2.19. The summed E-state index contributed by atoms with van der Waals surface area (Å²) in [6.45, 7) is 9.54. The molecule has 2 rings (SSSR count). The summed E-state index contributed by atoms with van der Waals surface area (Å²) in [7, 11) is 0. The minimum Gasteiger partial charge on any atom is -0.369 e. The number of rotatable bonds is 1. The largest absolute Gasteiger partial charge is 0.369 e. The first-order valence-corrected chi connectivity index (χ1v) is 5.94. The lowest BCUT2D eigenvalue weighted by Crippen LogP contribution is -2.12. The van der Waals surface area contributed by atoms with Gasteiger partial charge in [0.15, 0.2) is 0 Å². The Balaban J connectivity index is 2.44. The monoisotopic (exact) mass is 216 g/mol. The van der Waals surface area contributed by atoms with E-state index in [1.54, 1.807) is 0 Å². The fourth-order valence-corrected chi connectivity index (χ4v) is 2.54. The van der Waals surface area contributed by atoms with Gasteiger partial charge in [-0.1, -0.05) is 29.3 Å². The minimum absolute atomic E-state index is 0.161. The molecular formula is C15H20O. The van der Waals surface area contributed by atoms with E-state index in [-0.39, 0.29) is 6.10 Å². The van der Waals surface area contributed by atoms with Crippen molar-refractivity contribution in [1.82, 2.24) is 0 Å². The first-order valence-electron chi connectivity index (χ1n) is 5.94. The molecule has 1 nitrogen and oxygen atoms in total. The zero-order chi connectivity index (χ0) is 11.7. The molecule has 0 saturated heterocycles. The molecule has 1 atom stereocenters. The lowest BCUT2D eigenvalue weighted by molar-refractivity contribution is 0.0761. The van der Waals surface area contributed by atoms with Crippen LogP contribution in [-0.4, -0.2) is 6.61 Å². The van der Waals surface area contributed by atoms with Gasteiger partial charge in [0, 0.05) is 0 Å². The van der Waals surface area contributed by atoms with Gasteiger partial charge in [-0.2, -0.15) is 0 Å². The van der Waals surface area contributed by atoms with E-state index in [0.29, 0.717) is 0 Å². The molecule has 0 bridgehead atoms. The highest BCUT2D eigenvalue weighted by molar-refractivity contribution is 5.41. The Kier molecular flexibility index (Phi) is 3.15. The van der Waals surface area contributed by atoms with Crippen LogP contribution in [0.3, 0.4) is 0 Å². The van der Waals surface area contributed by atoms with Crippen LogP contribution < -0.4 is 0 Å². The summed E-state index contributed by atoms with van der Waals surface area (Å²) in [5, 5.41) is 0. The van der Waals surface area contributed by atoms with Gasteiger partial charge in [-0.15, -0.1) is 0 Å². The zero-order valence-corrected chi connectivity index (χ0v) is 10.6. The maximum absolute atomic E-state index is 5.86. The van der Waals surface area contributed by atoms with Crippen molar-refractivity contribution in [2.24, 2.45) is 0 Å². The average Bonchev–Trinajstić information content (AvgIpc) is 2.15. The Morgan fingerprint density at radius 3 is 2.25 bits per heavy atom. The maximum Gasteiger partial charge on any atom is 0.101 e. The maximum atomic E-state index is 5.86. The summed E-state index contributed by atoms with van der Waals surface area (Å²) in [5.41, 5.74) is 6.80. The zero-order valence-electron chi connectivity index (χ0n) is 10.6. The fraction of sp³-hybridized carbons (Fsp3) is 0.467. The third-order valence-electron chi connectivity index (χ3n) is 3.25. The third-order valence-corrected chi connectivity index (χ3v) is 3.25. The molecule has 1 aromatic carbocycles. The van der Waals surface area contributed by atoms with Crippen molar-refractivity contribution in [1.29, 1.82) is 0 Å². The molecule has 1 aliphatic heterocycles. The molecule has 1 heteroatoms. The van der Waals surface area contributed by atoms with Gasteiger partial charge in [0.05, 0.1) is 6.61 Å². The molecule has 0 aromatic heterocycles. The molecule has 0 N–H and O–H groups in total. The lowest BCUT2D eigenvalue weighted by atomic mass is 9.93. The minimum atomic E-state index is 0.161. The highest BCUT2D eigenvalue weighted by Gasteiger charge is 2.18. The van der Waals surface area contributed by atoms with Crippen molar-refractivity contribution in [3.8, 4) is 0 Å². The normalized spacial score (nSPS) is 20.8. The van der Waals surface area contributed by atoms with Crippen molar-refractivity contribution in [3.05, 3.63) is 46.0 Å². The van der Waals surface area contributed by atoms with Crippen LogP contribution in [0.1, 0.15) is 41.7 Å². The smallest absolute Gasteiger partial charge is 0.101 e. The highest BCUT2D eigenvalue weighted by Crippen LogP contribution is 2.31. The van der Waals surface area contributed by atoms with Gasteiger partial charge in [0.25, 0.3) is 0 Å². The van der Waals surface area contributed by atoms with Crippen LogP contribution in [-0.2, 0) is 4.74 Å². The second-order valence-corrected chi connectivity index (χ2v) is 4.87. The molecule has 1 aromatic rings. The number of ether oxygens (including phenoxy) is 1. The van der Waals surface area contributed by atoms with Crippen LogP contribution >= 0.6 is 0 Å². The molecule has 0 saturated carbocycles. The molecule has 1 unspecified atom stereocenters. The number of hydrogen-bond donors (Lipinski definition) is 0. The Labute approximate surface area is 98.1 Å². The van der Waals surface area contributed by atoms with E-state index < -0.39 is 0 Å². The Morgan fingerprint density at radius 1 is 1.06 bits per heavy atom. The summed E-state index contributed by atoms with van der Waals surface area (Å²) in [5.74, 6) is 0. The molecule has 16 heavy (non-hydrogen) atoms. The van der Waals surface area contributed by atoms with E-state index in [1.165, 1.54) is 27.8 Å². The van der Waals surface area contributed by atoms with Gasteiger partial charge in [0.2, 0.25) is 0 Å². The van der Waals surface area contributed by atoms with E-state index in [0.717, 1.165) is 13.0 Å². The molecule has 0 fully saturated rings. The van der Waals surface area contributed by atoms with E-state index in [2.05, 4.69) is 45.9 Å². The quantitative estimate of drug-likeness (QED) is 0.644. The first kappa shape index (κ1) is 11.4. The molecule has 0 radical (unpaired) electrons. The molecular weight excluding hydrogens is 196 g/mol. The summed E-state index contributed by atoms with van der Waals surface area (Å²) >= 11 is 0. The average molecular weight is 216 g/mol. The highest BCUT2D eigenvalue weighted by atomic mass is 16.5. The second kappa shape index (κ2) is 4.42. The number of hydrogen-bond acceptors (Lipinski definition) is 1. The second-order valence-electron chi connectivity index (χ2n) is 4.87. The van der Waals surface area contributed by atoms with Crippen LogP contribution in [0.15, 0.2) is 23.8 Å². The predicted molar refractivity (Wildman–Crippen MR) is 67.7 cm³/mol.